The molecule has 1 fully saturated rings. The van der Waals surface area contributed by atoms with Gasteiger partial charge in [0, 0.05) is 37.3 Å². The summed E-state index contributed by atoms with van der Waals surface area (Å²) in [6, 6.07) is 11.6. The van der Waals surface area contributed by atoms with Crippen LogP contribution in [-0.2, 0) is 6.67 Å². The number of benzene rings is 2. The summed E-state index contributed by atoms with van der Waals surface area (Å²) in [6.07, 6.45) is 0. The molecule has 1 saturated heterocycles. The highest BCUT2D eigenvalue weighted by Crippen LogP contribution is 2.22. The van der Waals surface area contributed by atoms with Gasteiger partial charge in [0.2, 0.25) is 0 Å². The van der Waals surface area contributed by atoms with Crippen molar-refractivity contribution in [2.24, 2.45) is 0 Å². The number of aromatic nitrogens is 2. The van der Waals surface area contributed by atoms with Crippen LogP contribution in [0.3, 0.4) is 0 Å². The van der Waals surface area contributed by atoms with Crippen LogP contribution in [0.5, 0.6) is 0 Å². The third-order valence-corrected chi connectivity index (χ3v) is 4.72. The fraction of sp³-hybridized carbons (Fsp3) is 0.263. The minimum Gasteiger partial charge on any atom is -0.368 e. The van der Waals surface area contributed by atoms with Crippen molar-refractivity contribution in [2.45, 2.75) is 6.67 Å². The van der Waals surface area contributed by atoms with E-state index in [4.69, 9.17) is 0 Å². The van der Waals surface area contributed by atoms with Crippen LogP contribution in [-0.4, -0.2) is 47.3 Å². The molecule has 0 atom stereocenters. The number of rotatable bonds is 3. The highest BCUT2D eigenvalue weighted by atomic mass is 19.1. The number of carbonyl (C=O) groups is 1. The summed E-state index contributed by atoms with van der Waals surface area (Å²) in [6.45, 7) is 1.35. The Hall–Kier alpha value is -3.16. The first-order valence-electron chi connectivity index (χ1n) is 8.73. The second-order valence-electron chi connectivity index (χ2n) is 6.47. The molecule has 2 amide bonds. The first-order chi connectivity index (χ1) is 13.1. The van der Waals surface area contributed by atoms with Gasteiger partial charge < -0.3 is 9.80 Å². The van der Waals surface area contributed by atoms with Gasteiger partial charge in [0.25, 0.3) is 0 Å². The molecule has 2 N–H and O–H groups in total. The van der Waals surface area contributed by atoms with Crippen LogP contribution in [0.15, 0.2) is 42.5 Å². The zero-order chi connectivity index (χ0) is 18.8. The predicted octanol–water partition coefficient (Wildman–Crippen LogP) is 3.53. The molecule has 1 aliphatic heterocycles. The van der Waals surface area contributed by atoms with Crippen molar-refractivity contribution in [3.05, 3.63) is 53.8 Å². The highest BCUT2D eigenvalue weighted by molar-refractivity contribution is 5.98. The second kappa shape index (κ2) is 7.22. The predicted molar refractivity (Wildman–Crippen MR) is 100 cm³/mol. The maximum atomic E-state index is 13.6. The molecule has 140 valence electrons. The van der Waals surface area contributed by atoms with Crippen molar-refractivity contribution in [3.8, 4) is 0 Å². The number of aromatic amines is 1. The Morgan fingerprint density at radius 2 is 1.93 bits per heavy atom. The second-order valence-corrected chi connectivity index (χ2v) is 6.47. The average molecular weight is 371 g/mol. The fourth-order valence-corrected chi connectivity index (χ4v) is 3.30. The molecule has 2 aromatic carbocycles. The van der Waals surface area contributed by atoms with Crippen LogP contribution >= 0.6 is 0 Å². The molecule has 1 aliphatic rings. The molecule has 0 spiro atoms. The van der Waals surface area contributed by atoms with Gasteiger partial charge in [-0.2, -0.15) is 5.10 Å². The van der Waals surface area contributed by atoms with Gasteiger partial charge in [0.05, 0.1) is 5.52 Å². The number of hydrogen-bond acceptors (Lipinski definition) is 3. The molecule has 0 radical (unpaired) electrons. The number of carbonyl (C=O) groups excluding carboxylic acids is 1. The third-order valence-electron chi connectivity index (χ3n) is 4.72. The van der Waals surface area contributed by atoms with E-state index in [1.807, 2.05) is 29.2 Å². The summed E-state index contributed by atoms with van der Waals surface area (Å²) < 4.78 is 26.5. The minimum atomic E-state index is -0.704. The van der Waals surface area contributed by atoms with E-state index in [-0.39, 0.29) is 6.03 Å². The van der Waals surface area contributed by atoms with Crippen LogP contribution in [0.1, 0.15) is 5.56 Å². The van der Waals surface area contributed by atoms with Crippen LogP contribution in [0, 0.1) is 5.82 Å². The Morgan fingerprint density at radius 3 is 2.70 bits per heavy atom. The van der Waals surface area contributed by atoms with E-state index < -0.39 is 12.5 Å². The molecule has 8 heteroatoms. The Morgan fingerprint density at radius 1 is 1.15 bits per heavy atom. The summed E-state index contributed by atoms with van der Waals surface area (Å²) in [5, 5.41) is 10.7. The summed E-state index contributed by atoms with van der Waals surface area (Å²) in [5.74, 6) is 0.0430. The molecule has 4 rings (SSSR count). The van der Waals surface area contributed by atoms with Crippen molar-refractivity contribution >= 4 is 28.4 Å². The number of amides is 2. The van der Waals surface area contributed by atoms with Gasteiger partial charge in [-0.3, -0.25) is 10.4 Å². The number of halogens is 2. The molecule has 1 aromatic heterocycles. The normalized spacial score (nSPS) is 14.6. The van der Waals surface area contributed by atoms with Gasteiger partial charge in [-0.15, -0.1) is 0 Å². The van der Waals surface area contributed by atoms with Crippen molar-refractivity contribution in [2.75, 3.05) is 36.4 Å². The first kappa shape index (κ1) is 17.3. The molecular weight excluding hydrogens is 352 g/mol. The number of para-hydroxylation sites is 1. The molecule has 0 aliphatic carbocycles. The Labute approximate surface area is 154 Å². The van der Waals surface area contributed by atoms with E-state index in [1.165, 1.54) is 12.1 Å². The van der Waals surface area contributed by atoms with Gasteiger partial charge in [0.15, 0.2) is 5.82 Å². The van der Waals surface area contributed by atoms with E-state index >= 15 is 0 Å². The highest BCUT2D eigenvalue weighted by Gasteiger charge is 2.23. The number of hydrogen-bond donors (Lipinski definition) is 2. The average Bonchev–Trinajstić information content (AvgIpc) is 3.10. The quantitative estimate of drug-likeness (QED) is 0.740. The number of fused-ring (bicyclic) bond motifs is 1. The molecule has 0 unspecified atom stereocenters. The van der Waals surface area contributed by atoms with Gasteiger partial charge in [-0.1, -0.05) is 12.1 Å². The number of urea groups is 1. The zero-order valence-corrected chi connectivity index (χ0v) is 14.6. The molecule has 2 heterocycles. The van der Waals surface area contributed by atoms with Crippen LogP contribution in [0.25, 0.3) is 10.9 Å². The number of anilines is 2. The van der Waals surface area contributed by atoms with E-state index in [0.29, 0.717) is 43.2 Å². The summed E-state index contributed by atoms with van der Waals surface area (Å²) in [4.78, 5) is 16.2. The number of H-pyrrole nitrogens is 1. The lowest BCUT2D eigenvalue weighted by Gasteiger charge is -2.36. The van der Waals surface area contributed by atoms with Gasteiger partial charge in [-0.25, -0.2) is 13.6 Å². The van der Waals surface area contributed by atoms with E-state index in [1.54, 1.807) is 11.0 Å². The largest absolute Gasteiger partial charge is 0.368 e. The fourth-order valence-electron chi connectivity index (χ4n) is 3.30. The summed E-state index contributed by atoms with van der Waals surface area (Å²) in [7, 11) is 0. The minimum absolute atomic E-state index is 0.226. The van der Waals surface area contributed by atoms with Crippen LogP contribution in [0.4, 0.5) is 25.1 Å². The molecule has 0 bridgehead atoms. The topological polar surface area (TPSA) is 64.3 Å². The summed E-state index contributed by atoms with van der Waals surface area (Å²) >= 11 is 0. The Bertz CT molecular complexity index is 966. The molecule has 6 nitrogen and oxygen atoms in total. The van der Waals surface area contributed by atoms with E-state index in [2.05, 4.69) is 15.5 Å². The number of piperazine rings is 1. The Balaban J connectivity index is 1.40. The van der Waals surface area contributed by atoms with Gasteiger partial charge in [0.1, 0.15) is 12.5 Å². The Kier molecular flexibility index (Phi) is 4.62. The standard InChI is InChI=1S/C19H19F2N5O/c20-12-13-9-14(21)11-15(10-13)25-5-7-26(8-6-25)19(27)22-18-16-3-1-2-4-17(16)23-24-18/h1-4,9-11H,5-8,12H2,(H2,22,23,24,27). The first-order valence-corrected chi connectivity index (χ1v) is 8.73. The monoisotopic (exact) mass is 371 g/mol. The molecule has 3 aromatic rings. The molecular formula is C19H19F2N5O. The SMILES string of the molecule is O=C(Nc1n[nH]c2ccccc12)N1CCN(c2cc(F)cc(CF)c2)CC1. The van der Waals surface area contributed by atoms with Crippen LogP contribution < -0.4 is 10.2 Å². The summed E-state index contributed by atoms with van der Waals surface area (Å²) in [5.41, 5.74) is 1.81. The van der Waals surface area contributed by atoms with E-state index in [9.17, 15) is 13.6 Å². The van der Waals surface area contributed by atoms with Crippen molar-refractivity contribution in [1.29, 1.82) is 0 Å². The lowest BCUT2D eigenvalue weighted by molar-refractivity contribution is 0.208. The van der Waals surface area contributed by atoms with E-state index in [0.717, 1.165) is 10.9 Å². The van der Waals surface area contributed by atoms with Crippen LogP contribution in [0.2, 0.25) is 0 Å². The maximum Gasteiger partial charge on any atom is 0.323 e. The van der Waals surface area contributed by atoms with Crippen molar-refractivity contribution in [1.82, 2.24) is 15.1 Å². The number of nitrogens with zero attached hydrogens (tertiary/aromatic N) is 3. The lowest BCUT2D eigenvalue weighted by atomic mass is 10.1. The zero-order valence-electron chi connectivity index (χ0n) is 14.6. The lowest BCUT2D eigenvalue weighted by Crippen LogP contribution is -2.50. The number of alkyl halides is 1. The number of nitrogens with one attached hydrogen (secondary N) is 2. The molecule has 0 saturated carbocycles. The molecule has 27 heavy (non-hydrogen) atoms. The van der Waals surface area contributed by atoms with Gasteiger partial charge in [-0.05, 0) is 35.9 Å². The van der Waals surface area contributed by atoms with Crippen molar-refractivity contribution < 1.29 is 13.6 Å². The van der Waals surface area contributed by atoms with Gasteiger partial charge >= 0.3 is 6.03 Å². The maximum absolute atomic E-state index is 13.6. The van der Waals surface area contributed by atoms with Crippen molar-refractivity contribution in [3.63, 3.8) is 0 Å². The smallest absolute Gasteiger partial charge is 0.323 e. The third kappa shape index (κ3) is 3.55.